The molecule has 0 saturated carbocycles. The third kappa shape index (κ3) is 3.61. The molecule has 21 heavy (non-hydrogen) atoms. The lowest BCUT2D eigenvalue weighted by molar-refractivity contribution is 0.0601. The molecule has 0 saturated heterocycles. The number of carbonyl (C=O) groups is 1. The summed E-state index contributed by atoms with van der Waals surface area (Å²) in [7, 11) is 1.28. The molecule has 0 radical (unpaired) electrons. The Hall–Kier alpha value is -1.88. The van der Waals surface area contributed by atoms with E-state index >= 15 is 0 Å². The van der Waals surface area contributed by atoms with Crippen LogP contribution in [0.3, 0.4) is 0 Å². The van der Waals surface area contributed by atoms with E-state index in [2.05, 4.69) is 24.4 Å². The van der Waals surface area contributed by atoms with Gasteiger partial charge in [0.15, 0.2) is 0 Å². The molecule has 1 N–H and O–H groups in total. The molecule has 0 amide bonds. The van der Waals surface area contributed by atoms with Crippen LogP contribution in [0.15, 0.2) is 30.3 Å². The zero-order chi connectivity index (χ0) is 15.4. The average molecular weight is 307 g/mol. The van der Waals surface area contributed by atoms with Gasteiger partial charge < -0.3 is 10.1 Å². The summed E-state index contributed by atoms with van der Waals surface area (Å²) in [6, 6.07) is 8.28. The Kier molecular flexibility index (Phi) is 4.96. The van der Waals surface area contributed by atoms with Crippen molar-refractivity contribution in [1.82, 2.24) is 0 Å². The van der Waals surface area contributed by atoms with Gasteiger partial charge in [-0.1, -0.05) is 6.92 Å². The van der Waals surface area contributed by atoms with E-state index in [-0.39, 0.29) is 11.6 Å². The topological polar surface area (TPSA) is 38.3 Å². The molecule has 1 aromatic carbocycles. The molecule has 1 aromatic heterocycles. The Bertz CT molecular complexity index is 639. The zero-order valence-electron chi connectivity index (χ0n) is 12.3. The maximum Gasteiger partial charge on any atom is 0.340 e. The number of anilines is 1. The maximum atomic E-state index is 13.3. The van der Waals surface area contributed by atoms with Crippen molar-refractivity contribution in [1.29, 1.82) is 0 Å². The van der Waals surface area contributed by atoms with E-state index in [1.165, 1.54) is 29.0 Å². The molecule has 0 bridgehead atoms. The van der Waals surface area contributed by atoms with Crippen LogP contribution in [0.5, 0.6) is 0 Å². The minimum absolute atomic E-state index is 0.0316. The highest BCUT2D eigenvalue weighted by Gasteiger charge is 2.16. The largest absolute Gasteiger partial charge is 0.465 e. The van der Waals surface area contributed by atoms with Crippen LogP contribution in [-0.2, 0) is 11.2 Å². The van der Waals surface area contributed by atoms with Crippen LogP contribution in [0, 0.1) is 5.82 Å². The average Bonchev–Trinajstić information content (AvgIpc) is 2.97. The van der Waals surface area contributed by atoms with E-state index in [1.807, 2.05) is 6.92 Å². The molecule has 0 aliphatic heterocycles. The summed E-state index contributed by atoms with van der Waals surface area (Å²) < 4.78 is 18.0. The number of aryl methyl sites for hydroxylation is 1. The third-order valence-corrected chi connectivity index (χ3v) is 4.63. The fraction of sp³-hybridized carbons (Fsp3) is 0.312. The molecule has 0 fully saturated rings. The second kappa shape index (κ2) is 6.72. The van der Waals surface area contributed by atoms with Crippen LogP contribution in [-0.4, -0.2) is 13.1 Å². The van der Waals surface area contributed by atoms with Gasteiger partial charge in [0, 0.05) is 15.4 Å². The smallest absolute Gasteiger partial charge is 0.340 e. The van der Waals surface area contributed by atoms with Gasteiger partial charge in [0.1, 0.15) is 5.82 Å². The number of benzene rings is 1. The van der Waals surface area contributed by atoms with Crippen LogP contribution in [0.4, 0.5) is 10.1 Å². The van der Waals surface area contributed by atoms with E-state index in [0.29, 0.717) is 5.69 Å². The van der Waals surface area contributed by atoms with Crippen molar-refractivity contribution in [3.8, 4) is 0 Å². The Labute approximate surface area is 127 Å². The molecule has 2 rings (SSSR count). The maximum absolute atomic E-state index is 13.3. The van der Waals surface area contributed by atoms with Gasteiger partial charge in [-0.3, -0.25) is 0 Å². The Morgan fingerprint density at radius 1 is 1.38 bits per heavy atom. The number of hydrogen-bond donors (Lipinski definition) is 1. The molecule has 1 unspecified atom stereocenters. The summed E-state index contributed by atoms with van der Waals surface area (Å²) in [6.07, 6.45) is 1.00. The number of esters is 1. The molecule has 112 valence electrons. The highest BCUT2D eigenvalue weighted by molar-refractivity contribution is 7.12. The van der Waals surface area contributed by atoms with Crippen molar-refractivity contribution in [2.45, 2.75) is 26.3 Å². The molecule has 3 nitrogen and oxygen atoms in total. The van der Waals surface area contributed by atoms with Gasteiger partial charge in [-0.15, -0.1) is 11.3 Å². The van der Waals surface area contributed by atoms with Gasteiger partial charge in [-0.25, -0.2) is 9.18 Å². The second-order valence-corrected chi connectivity index (χ2v) is 5.91. The number of methoxy groups -OCH3 is 1. The van der Waals surface area contributed by atoms with Gasteiger partial charge >= 0.3 is 5.97 Å². The van der Waals surface area contributed by atoms with E-state index in [4.69, 9.17) is 4.74 Å². The lowest BCUT2D eigenvalue weighted by atomic mass is 10.1. The van der Waals surface area contributed by atoms with Gasteiger partial charge in [0.2, 0.25) is 0 Å². The van der Waals surface area contributed by atoms with Crippen molar-refractivity contribution < 1.29 is 13.9 Å². The van der Waals surface area contributed by atoms with Crippen molar-refractivity contribution in [3.05, 3.63) is 51.5 Å². The standard InChI is InChI=1S/C16H18FNO2S/c1-4-12-6-8-15(21-12)10(2)18-14-7-5-11(17)9-13(14)16(19)20-3/h5-10,18H,4H2,1-3H3. The van der Waals surface area contributed by atoms with Crippen LogP contribution in [0.25, 0.3) is 0 Å². The van der Waals surface area contributed by atoms with Gasteiger partial charge in [-0.2, -0.15) is 0 Å². The zero-order valence-corrected chi connectivity index (χ0v) is 13.1. The predicted octanol–water partition coefficient (Wildman–Crippen LogP) is 4.41. The lowest BCUT2D eigenvalue weighted by Gasteiger charge is -2.16. The normalized spacial score (nSPS) is 12.0. The molecular formula is C16H18FNO2S. The molecule has 0 spiro atoms. The van der Waals surface area contributed by atoms with E-state index < -0.39 is 11.8 Å². The van der Waals surface area contributed by atoms with Crippen LogP contribution < -0.4 is 5.32 Å². The predicted molar refractivity (Wildman–Crippen MR) is 83.5 cm³/mol. The van der Waals surface area contributed by atoms with Crippen LogP contribution in [0.2, 0.25) is 0 Å². The summed E-state index contributed by atoms with van der Waals surface area (Å²) in [6.45, 7) is 4.12. The van der Waals surface area contributed by atoms with Crippen molar-refractivity contribution in [2.24, 2.45) is 0 Å². The van der Waals surface area contributed by atoms with Gasteiger partial charge in [0.05, 0.1) is 18.7 Å². The number of halogens is 1. The number of ether oxygens (including phenoxy) is 1. The first-order chi connectivity index (χ1) is 10.0. The van der Waals surface area contributed by atoms with Crippen LogP contribution >= 0.6 is 11.3 Å². The number of rotatable bonds is 5. The Morgan fingerprint density at radius 3 is 2.76 bits per heavy atom. The number of hydrogen-bond acceptors (Lipinski definition) is 4. The summed E-state index contributed by atoms with van der Waals surface area (Å²) in [4.78, 5) is 14.2. The minimum Gasteiger partial charge on any atom is -0.465 e. The Balaban J connectivity index is 2.24. The first-order valence-electron chi connectivity index (χ1n) is 6.78. The van der Waals surface area contributed by atoms with E-state index in [1.54, 1.807) is 17.4 Å². The van der Waals surface area contributed by atoms with Crippen molar-refractivity contribution >= 4 is 23.0 Å². The third-order valence-electron chi connectivity index (χ3n) is 3.22. The first kappa shape index (κ1) is 15.5. The fourth-order valence-electron chi connectivity index (χ4n) is 2.04. The molecule has 2 aromatic rings. The molecule has 1 atom stereocenters. The van der Waals surface area contributed by atoms with Crippen molar-refractivity contribution in [2.75, 3.05) is 12.4 Å². The lowest BCUT2D eigenvalue weighted by Crippen LogP contribution is -2.11. The Morgan fingerprint density at radius 2 is 2.14 bits per heavy atom. The molecule has 5 heteroatoms. The number of nitrogens with one attached hydrogen (secondary N) is 1. The molecular weight excluding hydrogens is 289 g/mol. The van der Waals surface area contributed by atoms with Crippen LogP contribution in [0.1, 0.15) is 40.0 Å². The number of carbonyl (C=O) groups excluding carboxylic acids is 1. The monoisotopic (exact) mass is 307 g/mol. The first-order valence-corrected chi connectivity index (χ1v) is 7.59. The number of thiophene rings is 1. The molecule has 0 aliphatic carbocycles. The van der Waals surface area contributed by atoms with Gasteiger partial charge in [0.25, 0.3) is 0 Å². The molecule has 0 aliphatic rings. The second-order valence-electron chi connectivity index (χ2n) is 4.71. The summed E-state index contributed by atoms with van der Waals surface area (Å²) in [5.74, 6) is -1.01. The summed E-state index contributed by atoms with van der Waals surface area (Å²) >= 11 is 1.73. The SMILES string of the molecule is CCc1ccc(C(C)Nc2ccc(F)cc2C(=O)OC)s1. The minimum atomic E-state index is -0.551. The molecule has 1 heterocycles. The summed E-state index contributed by atoms with van der Waals surface area (Å²) in [5.41, 5.74) is 0.777. The quantitative estimate of drug-likeness (QED) is 0.832. The van der Waals surface area contributed by atoms with E-state index in [9.17, 15) is 9.18 Å². The highest BCUT2D eigenvalue weighted by atomic mass is 32.1. The fourth-order valence-corrected chi connectivity index (χ4v) is 3.00. The highest BCUT2D eigenvalue weighted by Crippen LogP contribution is 2.28. The van der Waals surface area contributed by atoms with Crippen molar-refractivity contribution in [3.63, 3.8) is 0 Å². The van der Waals surface area contributed by atoms with E-state index in [0.717, 1.165) is 6.42 Å². The summed E-state index contributed by atoms with van der Waals surface area (Å²) in [5, 5.41) is 3.25. The van der Waals surface area contributed by atoms with Gasteiger partial charge in [-0.05, 0) is 43.7 Å².